The summed E-state index contributed by atoms with van der Waals surface area (Å²) in [6.07, 6.45) is -4.88. The first-order valence-electron chi connectivity index (χ1n) is 6.26. The van der Waals surface area contributed by atoms with E-state index in [0.717, 1.165) is 17.0 Å². The Balaban J connectivity index is 3.43. The van der Waals surface area contributed by atoms with E-state index in [2.05, 4.69) is 15.9 Å². The molecule has 0 bridgehead atoms. The average molecular weight is 383 g/mol. The van der Waals surface area contributed by atoms with Crippen LogP contribution in [0.15, 0.2) is 18.2 Å². The van der Waals surface area contributed by atoms with Crippen LogP contribution in [-0.2, 0) is 11.0 Å². The van der Waals surface area contributed by atoms with Crippen molar-refractivity contribution in [3.63, 3.8) is 0 Å². The number of carbonyl (C=O) groups excluding carboxylic acids is 1. The Morgan fingerprint density at radius 2 is 1.91 bits per heavy atom. The molecule has 0 radical (unpaired) electrons. The van der Waals surface area contributed by atoms with Gasteiger partial charge in [0.15, 0.2) is 0 Å². The monoisotopic (exact) mass is 382 g/mol. The smallest absolute Gasteiger partial charge is 0.311 e. The van der Waals surface area contributed by atoms with Gasteiger partial charge in [0.05, 0.1) is 9.25 Å². The lowest BCUT2D eigenvalue weighted by Gasteiger charge is -2.27. The molecular weight excluding hydrogens is 369 g/mol. The van der Waals surface area contributed by atoms with Crippen LogP contribution in [0.5, 0.6) is 0 Å². The summed E-state index contributed by atoms with van der Waals surface area (Å²) >= 11 is 3.16. The number of rotatable bonds is 4. The Kier molecular flexibility index (Phi) is 5.21. The number of anilines is 1. The van der Waals surface area contributed by atoms with Crippen molar-refractivity contribution in [2.45, 2.75) is 31.3 Å². The maximum absolute atomic E-state index is 13.0. The molecule has 5 nitrogen and oxygen atoms in total. The molecule has 0 saturated heterocycles. The van der Waals surface area contributed by atoms with Crippen LogP contribution in [0, 0.1) is 10.1 Å². The van der Waals surface area contributed by atoms with Crippen LogP contribution in [0.4, 0.5) is 24.5 Å². The molecule has 1 amide bonds. The molecule has 0 atom stereocenters. The molecule has 122 valence electrons. The number of nitro benzene ring substituents is 1. The third kappa shape index (κ3) is 3.96. The van der Waals surface area contributed by atoms with Crippen molar-refractivity contribution in [1.82, 2.24) is 0 Å². The second-order valence-electron chi connectivity index (χ2n) is 4.98. The number of hydrogen-bond donors (Lipinski definition) is 0. The van der Waals surface area contributed by atoms with Crippen LogP contribution < -0.4 is 4.90 Å². The van der Waals surface area contributed by atoms with Gasteiger partial charge in [0.2, 0.25) is 5.91 Å². The minimum atomic E-state index is -4.88. The van der Waals surface area contributed by atoms with Crippen LogP contribution in [0.2, 0.25) is 0 Å². The number of alkyl halides is 4. The standard InChI is InChI=1S/C13H14BrF3N2O3/c1-4-18(11(20)12(2,3)14)8-5-6-10(19(21)22)9(7-8)13(15,16)17/h5-7H,4H2,1-3H3. The molecule has 0 aromatic heterocycles. The van der Waals surface area contributed by atoms with E-state index in [-0.39, 0.29) is 12.2 Å². The van der Waals surface area contributed by atoms with Crippen LogP contribution in [0.3, 0.4) is 0 Å². The van der Waals surface area contributed by atoms with Crippen molar-refractivity contribution >= 4 is 33.2 Å². The lowest BCUT2D eigenvalue weighted by molar-refractivity contribution is -0.388. The molecule has 0 aliphatic heterocycles. The molecule has 1 aromatic rings. The molecule has 0 unspecified atom stereocenters. The van der Waals surface area contributed by atoms with E-state index in [1.165, 1.54) is 0 Å². The molecule has 0 aliphatic carbocycles. The number of halogens is 4. The van der Waals surface area contributed by atoms with Crippen LogP contribution in [0.1, 0.15) is 26.3 Å². The minimum absolute atomic E-state index is 0.0436. The fraction of sp³-hybridized carbons (Fsp3) is 0.462. The van der Waals surface area contributed by atoms with E-state index in [1.807, 2.05) is 0 Å². The predicted octanol–water partition coefficient (Wildman–Crippen LogP) is 4.14. The Morgan fingerprint density at radius 1 is 1.36 bits per heavy atom. The average Bonchev–Trinajstić information content (AvgIpc) is 2.37. The molecular formula is C13H14BrF3N2O3. The normalized spacial score (nSPS) is 12.1. The number of nitrogens with zero attached hydrogens (tertiary/aromatic N) is 2. The van der Waals surface area contributed by atoms with E-state index in [1.54, 1.807) is 20.8 Å². The fourth-order valence-corrected chi connectivity index (χ4v) is 2.06. The summed E-state index contributed by atoms with van der Waals surface area (Å²) in [5.41, 5.74) is -2.47. The zero-order chi connectivity index (χ0) is 17.3. The summed E-state index contributed by atoms with van der Waals surface area (Å²) in [5.74, 6) is -0.447. The van der Waals surface area contributed by atoms with E-state index in [4.69, 9.17) is 0 Å². The largest absolute Gasteiger partial charge is 0.423 e. The number of benzene rings is 1. The van der Waals surface area contributed by atoms with Gasteiger partial charge in [-0.05, 0) is 32.9 Å². The Hall–Kier alpha value is -1.64. The minimum Gasteiger partial charge on any atom is -0.311 e. The van der Waals surface area contributed by atoms with Crippen molar-refractivity contribution < 1.29 is 22.9 Å². The molecule has 0 spiro atoms. The van der Waals surface area contributed by atoms with Crippen molar-refractivity contribution in [2.24, 2.45) is 0 Å². The lowest BCUT2D eigenvalue weighted by Crippen LogP contribution is -2.41. The van der Waals surface area contributed by atoms with Gasteiger partial charge in [0.25, 0.3) is 5.69 Å². The zero-order valence-electron chi connectivity index (χ0n) is 12.1. The van der Waals surface area contributed by atoms with Crippen LogP contribution >= 0.6 is 15.9 Å². The van der Waals surface area contributed by atoms with E-state index in [9.17, 15) is 28.1 Å². The van der Waals surface area contributed by atoms with E-state index >= 15 is 0 Å². The lowest BCUT2D eigenvalue weighted by atomic mass is 10.1. The van der Waals surface area contributed by atoms with Gasteiger partial charge in [-0.15, -0.1) is 0 Å². The molecule has 22 heavy (non-hydrogen) atoms. The first kappa shape index (κ1) is 18.4. The van der Waals surface area contributed by atoms with Gasteiger partial charge in [-0.25, -0.2) is 0 Å². The van der Waals surface area contributed by atoms with Gasteiger partial charge in [0, 0.05) is 18.3 Å². The Morgan fingerprint density at radius 3 is 2.27 bits per heavy atom. The summed E-state index contributed by atoms with van der Waals surface area (Å²) in [7, 11) is 0. The van der Waals surface area contributed by atoms with Gasteiger partial charge in [-0.2, -0.15) is 13.2 Å². The summed E-state index contributed by atoms with van der Waals surface area (Å²) in [6.45, 7) is 4.86. The molecule has 0 N–H and O–H groups in total. The van der Waals surface area contributed by atoms with Gasteiger partial charge in [0.1, 0.15) is 5.56 Å². The van der Waals surface area contributed by atoms with Gasteiger partial charge < -0.3 is 4.90 Å². The highest BCUT2D eigenvalue weighted by Gasteiger charge is 2.39. The third-order valence-corrected chi connectivity index (χ3v) is 3.20. The topological polar surface area (TPSA) is 63.5 Å². The second-order valence-corrected chi connectivity index (χ2v) is 6.96. The highest BCUT2D eigenvalue weighted by molar-refractivity contribution is 9.10. The first-order chi connectivity index (χ1) is 9.89. The molecule has 0 fully saturated rings. The SMILES string of the molecule is CCN(C(=O)C(C)(C)Br)c1ccc([N+](=O)[O-])c(C(F)(F)F)c1. The molecule has 0 aliphatic rings. The van der Waals surface area contributed by atoms with Crippen LogP contribution in [-0.4, -0.2) is 21.7 Å². The summed E-state index contributed by atoms with van der Waals surface area (Å²) in [5, 5.41) is 10.7. The number of hydrogen-bond acceptors (Lipinski definition) is 3. The van der Waals surface area contributed by atoms with Gasteiger partial charge >= 0.3 is 6.18 Å². The highest BCUT2D eigenvalue weighted by atomic mass is 79.9. The predicted molar refractivity (Wildman–Crippen MR) is 79.1 cm³/mol. The number of carbonyl (C=O) groups is 1. The third-order valence-electron chi connectivity index (χ3n) is 2.86. The van der Waals surface area contributed by atoms with Crippen LogP contribution in [0.25, 0.3) is 0 Å². The van der Waals surface area contributed by atoms with E-state index in [0.29, 0.717) is 6.07 Å². The number of amides is 1. The zero-order valence-corrected chi connectivity index (χ0v) is 13.7. The van der Waals surface area contributed by atoms with Crippen molar-refractivity contribution in [3.8, 4) is 0 Å². The fourth-order valence-electron chi connectivity index (χ4n) is 1.84. The van der Waals surface area contributed by atoms with E-state index < -0.39 is 32.6 Å². The molecule has 1 aromatic carbocycles. The number of nitro groups is 1. The van der Waals surface area contributed by atoms with Crippen molar-refractivity contribution in [1.29, 1.82) is 0 Å². The highest BCUT2D eigenvalue weighted by Crippen LogP contribution is 2.38. The van der Waals surface area contributed by atoms with Gasteiger partial charge in [-0.3, -0.25) is 14.9 Å². The summed E-state index contributed by atoms with van der Waals surface area (Å²) < 4.78 is 38.0. The first-order valence-corrected chi connectivity index (χ1v) is 7.05. The maximum atomic E-state index is 13.0. The summed E-state index contributed by atoms with van der Waals surface area (Å²) in [6, 6.07) is 2.51. The summed E-state index contributed by atoms with van der Waals surface area (Å²) in [4.78, 5) is 23.0. The quantitative estimate of drug-likeness (QED) is 0.446. The molecule has 0 heterocycles. The molecule has 1 rings (SSSR count). The Labute approximate surface area is 133 Å². The van der Waals surface area contributed by atoms with Crippen molar-refractivity contribution in [2.75, 3.05) is 11.4 Å². The molecule has 0 saturated carbocycles. The van der Waals surface area contributed by atoms with Gasteiger partial charge in [-0.1, -0.05) is 15.9 Å². The second kappa shape index (κ2) is 6.23. The Bertz CT molecular complexity index is 597. The maximum Gasteiger partial charge on any atom is 0.423 e. The van der Waals surface area contributed by atoms with Crippen molar-refractivity contribution in [3.05, 3.63) is 33.9 Å². The molecule has 9 heteroatoms.